The molecule has 0 bridgehead atoms. The van der Waals surface area contributed by atoms with Gasteiger partial charge in [0.25, 0.3) is 0 Å². The fourth-order valence-corrected chi connectivity index (χ4v) is 2.47. The van der Waals surface area contributed by atoms with Crippen molar-refractivity contribution < 1.29 is 9.47 Å². The fraction of sp³-hybridized carbons (Fsp3) is 0.250. The number of hydrogen-bond acceptors (Lipinski definition) is 5. The molecule has 0 unspecified atom stereocenters. The molecule has 0 aliphatic rings. The van der Waals surface area contributed by atoms with Gasteiger partial charge in [0, 0.05) is 12.1 Å². The largest absolute Gasteiger partial charge is 0.497 e. The molecule has 0 aliphatic heterocycles. The number of nitrogens with zero attached hydrogens (tertiary/aromatic N) is 1. The Morgan fingerprint density at radius 1 is 1.29 bits per heavy atom. The Morgan fingerprint density at radius 3 is 2.76 bits per heavy atom. The van der Waals surface area contributed by atoms with E-state index in [2.05, 4.69) is 4.98 Å². The van der Waals surface area contributed by atoms with E-state index in [4.69, 9.17) is 15.2 Å². The minimum absolute atomic E-state index is 0.416. The van der Waals surface area contributed by atoms with Gasteiger partial charge in [0.2, 0.25) is 0 Å². The number of methoxy groups -OCH3 is 2. The predicted molar refractivity (Wildman–Crippen MR) is 68.5 cm³/mol. The highest BCUT2D eigenvalue weighted by Crippen LogP contribution is 2.37. The number of thiazole rings is 1. The molecular weight excluding hydrogens is 236 g/mol. The normalized spacial score (nSPS) is 10.3. The molecule has 5 heteroatoms. The van der Waals surface area contributed by atoms with Gasteiger partial charge in [0.15, 0.2) is 0 Å². The second-order valence-corrected chi connectivity index (χ2v) is 4.25. The molecule has 1 aromatic heterocycles. The third-order valence-electron chi connectivity index (χ3n) is 2.49. The standard InChI is InChI=1S/C12H14N2O2S/c1-15-8-3-4-11(16-2)9(5-8)12-10(6-13)14-7-17-12/h3-5,7H,6,13H2,1-2H3. The maximum absolute atomic E-state index is 5.67. The first-order chi connectivity index (χ1) is 8.30. The van der Waals surface area contributed by atoms with Crippen LogP contribution in [-0.2, 0) is 6.54 Å². The Morgan fingerprint density at radius 2 is 2.12 bits per heavy atom. The zero-order valence-electron chi connectivity index (χ0n) is 9.77. The van der Waals surface area contributed by atoms with E-state index in [1.54, 1.807) is 31.1 Å². The highest BCUT2D eigenvalue weighted by molar-refractivity contribution is 7.13. The summed E-state index contributed by atoms with van der Waals surface area (Å²) in [5.41, 5.74) is 9.30. The molecule has 0 aliphatic carbocycles. The average molecular weight is 250 g/mol. The summed E-state index contributed by atoms with van der Waals surface area (Å²) >= 11 is 1.55. The Labute approximate surface area is 104 Å². The van der Waals surface area contributed by atoms with Gasteiger partial charge in [-0.2, -0.15) is 0 Å². The van der Waals surface area contributed by atoms with Crippen molar-refractivity contribution in [3.8, 4) is 21.9 Å². The van der Waals surface area contributed by atoms with Gasteiger partial charge >= 0.3 is 0 Å². The minimum atomic E-state index is 0.416. The predicted octanol–water partition coefficient (Wildman–Crippen LogP) is 2.29. The third-order valence-corrected chi connectivity index (χ3v) is 3.39. The van der Waals surface area contributed by atoms with Gasteiger partial charge in [-0.05, 0) is 18.2 Å². The summed E-state index contributed by atoms with van der Waals surface area (Å²) in [7, 11) is 3.29. The first-order valence-electron chi connectivity index (χ1n) is 5.15. The van der Waals surface area contributed by atoms with E-state index < -0.39 is 0 Å². The zero-order valence-corrected chi connectivity index (χ0v) is 10.6. The van der Waals surface area contributed by atoms with Gasteiger partial charge < -0.3 is 15.2 Å². The van der Waals surface area contributed by atoms with Crippen LogP contribution in [0.25, 0.3) is 10.4 Å². The SMILES string of the molecule is COc1ccc(OC)c(-c2scnc2CN)c1. The lowest BCUT2D eigenvalue weighted by atomic mass is 10.1. The van der Waals surface area contributed by atoms with E-state index >= 15 is 0 Å². The molecule has 0 saturated carbocycles. The molecule has 90 valence electrons. The number of benzene rings is 1. The Kier molecular flexibility index (Phi) is 3.61. The van der Waals surface area contributed by atoms with Gasteiger partial charge in [-0.25, -0.2) is 4.98 Å². The number of nitrogens with two attached hydrogens (primary N) is 1. The monoisotopic (exact) mass is 250 g/mol. The Bertz CT molecular complexity index is 511. The van der Waals surface area contributed by atoms with Crippen molar-refractivity contribution in [3.05, 3.63) is 29.4 Å². The lowest BCUT2D eigenvalue weighted by Crippen LogP contribution is -1.99. The summed E-state index contributed by atoms with van der Waals surface area (Å²) in [6, 6.07) is 5.69. The quantitative estimate of drug-likeness (QED) is 0.904. The van der Waals surface area contributed by atoms with Crippen molar-refractivity contribution in [2.75, 3.05) is 14.2 Å². The van der Waals surface area contributed by atoms with E-state index in [9.17, 15) is 0 Å². The summed E-state index contributed by atoms with van der Waals surface area (Å²) in [6.07, 6.45) is 0. The second kappa shape index (κ2) is 5.16. The van der Waals surface area contributed by atoms with Crippen molar-refractivity contribution in [2.45, 2.75) is 6.54 Å². The van der Waals surface area contributed by atoms with Crippen molar-refractivity contribution in [2.24, 2.45) is 5.73 Å². The molecule has 0 radical (unpaired) electrons. The maximum atomic E-state index is 5.67. The lowest BCUT2D eigenvalue weighted by molar-refractivity contribution is 0.404. The second-order valence-electron chi connectivity index (χ2n) is 3.40. The summed E-state index contributed by atoms with van der Waals surface area (Å²) in [5, 5.41) is 0. The fourth-order valence-electron chi connectivity index (χ4n) is 1.63. The first kappa shape index (κ1) is 11.9. The Hall–Kier alpha value is -1.59. The van der Waals surface area contributed by atoms with E-state index in [1.807, 2.05) is 18.2 Å². The molecule has 2 aromatic rings. The van der Waals surface area contributed by atoms with Crippen LogP contribution in [-0.4, -0.2) is 19.2 Å². The van der Waals surface area contributed by atoms with Gasteiger partial charge in [-0.3, -0.25) is 0 Å². The topological polar surface area (TPSA) is 57.4 Å². The highest BCUT2D eigenvalue weighted by atomic mass is 32.1. The van der Waals surface area contributed by atoms with E-state index in [0.29, 0.717) is 6.54 Å². The van der Waals surface area contributed by atoms with Crippen LogP contribution in [0.2, 0.25) is 0 Å². The molecule has 2 N–H and O–H groups in total. The molecule has 0 saturated heterocycles. The molecular formula is C12H14N2O2S. The van der Waals surface area contributed by atoms with Crippen LogP contribution >= 0.6 is 11.3 Å². The van der Waals surface area contributed by atoms with Crippen LogP contribution in [0.3, 0.4) is 0 Å². The van der Waals surface area contributed by atoms with E-state index in [0.717, 1.165) is 27.6 Å². The van der Waals surface area contributed by atoms with Crippen molar-refractivity contribution >= 4 is 11.3 Å². The summed E-state index contributed by atoms with van der Waals surface area (Å²) < 4.78 is 10.6. The van der Waals surface area contributed by atoms with Crippen LogP contribution in [0.15, 0.2) is 23.7 Å². The van der Waals surface area contributed by atoms with Crippen molar-refractivity contribution in [1.82, 2.24) is 4.98 Å². The summed E-state index contributed by atoms with van der Waals surface area (Å²) in [5.74, 6) is 1.59. The van der Waals surface area contributed by atoms with Crippen molar-refractivity contribution in [1.29, 1.82) is 0 Å². The van der Waals surface area contributed by atoms with E-state index in [1.165, 1.54) is 0 Å². The zero-order chi connectivity index (χ0) is 12.3. The van der Waals surface area contributed by atoms with Crippen LogP contribution in [0.1, 0.15) is 5.69 Å². The number of hydrogen-bond donors (Lipinski definition) is 1. The number of ether oxygens (including phenoxy) is 2. The minimum Gasteiger partial charge on any atom is -0.497 e. The third kappa shape index (κ3) is 2.25. The van der Waals surface area contributed by atoms with Gasteiger partial charge in [0.05, 0.1) is 30.3 Å². The van der Waals surface area contributed by atoms with Crippen molar-refractivity contribution in [3.63, 3.8) is 0 Å². The lowest BCUT2D eigenvalue weighted by Gasteiger charge is -2.09. The van der Waals surface area contributed by atoms with E-state index in [-0.39, 0.29) is 0 Å². The molecule has 0 amide bonds. The van der Waals surface area contributed by atoms with Crippen LogP contribution in [0.5, 0.6) is 11.5 Å². The molecule has 4 nitrogen and oxygen atoms in total. The molecule has 0 atom stereocenters. The van der Waals surface area contributed by atoms with Gasteiger partial charge in [-0.15, -0.1) is 11.3 Å². The first-order valence-corrected chi connectivity index (χ1v) is 6.03. The van der Waals surface area contributed by atoms with Crippen LogP contribution in [0, 0.1) is 0 Å². The average Bonchev–Trinajstić information content (AvgIpc) is 2.86. The molecule has 1 aromatic carbocycles. The number of rotatable bonds is 4. The highest BCUT2D eigenvalue weighted by Gasteiger charge is 2.13. The van der Waals surface area contributed by atoms with Gasteiger partial charge in [-0.1, -0.05) is 0 Å². The molecule has 0 fully saturated rings. The molecule has 17 heavy (non-hydrogen) atoms. The molecule has 1 heterocycles. The van der Waals surface area contributed by atoms with Gasteiger partial charge in [0.1, 0.15) is 11.5 Å². The molecule has 0 spiro atoms. The molecule has 2 rings (SSSR count). The number of aromatic nitrogens is 1. The maximum Gasteiger partial charge on any atom is 0.127 e. The smallest absolute Gasteiger partial charge is 0.127 e. The van der Waals surface area contributed by atoms with Crippen LogP contribution in [0.4, 0.5) is 0 Å². The Balaban J connectivity index is 2.56. The van der Waals surface area contributed by atoms with Crippen LogP contribution < -0.4 is 15.2 Å². The summed E-state index contributed by atoms with van der Waals surface area (Å²) in [4.78, 5) is 5.27. The summed E-state index contributed by atoms with van der Waals surface area (Å²) in [6.45, 7) is 0.416.